The maximum absolute atomic E-state index is 10.1. The van der Waals surface area contributed by atoms with Gasteiger partial charge in [-0.3, -0.25) is 4.90 Å². The number of β-amino-alcohol motifs (C(OH)–C–C–N with tert-alkyl or cyclic N) is 1. The highest BCUT2D eigenvalue weighted by molar-refractivity contribution is 5.57. The van der Waals surface area contributed by atoms with Gasteiger partial charge in [0.1, 0.15) is 6.29 Å². The molecule has 0 saturated carbocycles. The van der Waals surface area contributed by atoms with Crippen LogP contribution in [0.1, 0.15) is 38.8 Å². The van der Waals surface area contributed by atoms with Gasteiger partial charge in [-0.2, -0.15) is 0 Å². The first kappa shape index (κ1) is 15.9. The van der Waals surface area contributed by atoms with E-state index in [4.69, 9.17) is 0 Å². The van der Waals surface area contributed by atoms with E-state index < -0.39 is 0 Å². The van der Waals surface area contributed by atoms with Gasteiger partial charge in [-0.15, -0.1) is 0 Å². The maximum Gasteiger partial charge on any atom is 0.125 e. The SMILES string of the molecule is CCC(C)(C)C=O.CN1CC(O)C1c1ccccc1. The van der Waals surface area contributed by atoms with Crippen LogP contribution in [0.15, 0.2) is 30.3 Å². The second-order valence-electron chi connectivity index (χ2n) is 5.82. The molecule has 0 spiro atoms. The molecule has 0 bridgehead atoms. The monoisotopic (exact) mass is 263 g/mol. The minimum Gasteiger partial charge on any atom is -0.390 e. The number of aliphatic hydroxyl groups is 1. The third kappa shape index (κ3) is 4.44. The molecule has 1 saturated heterocycles. The quantitative estimate of drug-likeness (QED) is 0.852. The van der Waals surface area contributed by atoms with Crippen LogP contribution in [0.3, 0.4) is 0 Å². The Bertz CT molecular complexity index is 381. The lowest BCUT2D eigenvalue weighted by Crippen LogP contribution is -2.51. The van der Waals surface area contributed by atoms with Gasteiger partial charge in [0.2, 0.25) is 0 Å². The molecule has 3 heteroatoms. The van der Waals surface area contributed by atoms with Crippen molar-refractivity contribution in [2.75, 3.05) is 13.6 Å². The Morgan fingerprint density at radius 2 is 1.95 bits per heavy atom. The van der Waals surface area contributed by atoms with Gasteiger partial charge in [-0.25, -0.2) is 0 Å². The fourth-order valence-corrected chi connectivity index (χ4v) is 1.87. The third-order valence-corrected chi connectivity index (χ3v) is 3.69. The molecule has 0 amide bonds. The van der Waals surface area contributed by atoms with E-state index in [9.17, 15) is 9.90 Å². The fourth-order valence-electron chi connectivity index (χ4n) is 1.87. The lowest BCUT2D eigenvalue weighted by Gasteiger charge is -2.43. The summed E-state index contributed by atoms with van der Waals surface area (Å²) in [6, 6.07) is 10.3. The van der Waals surface area contributed by atoms with Crippen LogP contribution in [0.5, 0.6) is 0 Å². The minimum atomic E-state index is -0.183. The molecule has 0 aliphatic carbocycles. The summed E-state index contributed by atoms with van der Waals surface area (Å²) in [5, 5.41) is 9.49. The van der Waals surface area contributed by atoms with Crippen LogP contribution in [0.2, 0.25) is 0 Å². The normalized spacial score (nSPS) is 23.0. The molecular weight excluding hydrogens is 238 g/mol. The van der Waals surface area contributed by atoms with Crippen molar-refractivity contribution in [2.24, 2.45) is 5.41 Å². The molecule has 1 heterocycles. The summed E-state index contributed by atoms with van der Waals surface area (Å²) in [6.45, 7) is 6.66. The van der Waals surface area contributed by atoms with Crippen LogP contribution in [0, 0.1) is 5.41 Å². The molecule has 0 radical (unpaired) electrons. The van der Waals surface area contributed by atoms with Crippen LogP contribution in [-0.2, 0) is 4.79 Å². The van der Waals surface area contributed by atoms with Gasteiger partial charge >= 0.3 is 0 Å². The fraction of sp³-hybridized carbons (Fsp3) is 0.562. The Kier molecular flexibility index (Phi) is 5.70. The van der Waals surface area contributed by atoms with Crippen molar-refractivity contribution in [3.8, 4) is 0 Å². The number of nitrogens with zero attached hydrogens (tertiary/aromatic N) is 1. The van der Waals surface area contributed by atoms with E-state index in [1.54, 1.807) is 0 Å². The van der Waals surface area contributed by atoms with Gasteiger partial charge < -0.3 is 9.90 Å². The number of likely N-dealkylation sites (tertiary alicyclic amines) is 1. The molecule has 1 aliphatic rings. The summed E-state index contributed by atoms with van der Waals surface area (Å²) < 4.78 is 0. The Morgan fingerprint density at radius 1 is 1.37 bits per heavy atom. The lowest BCUT2D eigenvalue weighted by molar-refractivity contribution is -0.114. The van der Waals surface area contributed by atoms with Gasteiger partial charge in [-0.05, 0) is 19.0 Å². The van der Waals surface area contributed by atoms with Gasteiger partial charge in [0, 0.05) is 12.0 Å². The summed E-state index contributed by atoms with van der Waals surface area (Å²) in [6.07, 6.45) is 1.74. The van der Waals surface area contributed by atoms with Crippen LogP contribution < -0.4 is 0 Å². The highest BCUT2D eigenvalue weighted by Crippen LogP contribution is 2.31. The van der Waals surface area contributed by atoms with Crippen LogP contribution in [0.25, 0.3) is 0 Å². The maximum atomic E-state index is 10.1. The van der Waals surface area contributed by atoms with Gasteiger partial charge in [-0.1, -0.05) is 51.1 Å². The molecule has 1 aliphatic heterocycles. The van der Waals surface area contributed by atoms with E-state index in [0.717, 1.165) is 19.3 Å². The van der Waals surface area contributed by atoms with Crippen LogP contribution in [-0.4, -0.2) is 36.0 Å². The summed E-state index contributed by atoms with van der Waals surface area (Å²) in [5.41, 5.74) is 1.11. The van der Waals surface area contributed by atoms with E-state index >= 15 is 0 Å². The number of carbonyl (C=O) groups excluding carboxylic acids is 1. The van der Waals surface area contributed by atoms with E-state index in [1.165, 1.54) is 5.56 Å². The number of benzene rings is 1. The standard InChI is InChI=1S/C10H13NO.C6H12O/c1-11-7-9(12)10(11)8-5-3-2-4-6-8;1-4-6(2,3)5-7/h2-6,9-10,12H,7H2,1H3;5H,4H2,1-3H3. The number of aldehydes is 1. The molecule has 2 unspecified atom stereocenters. The Morgan fingerprint density at radius 3 is 2.26 bits per heavy atom. The number of hydrogen-bond donors (Lipinski definition) is 1. The van der Waals surface area contributed by atoms with Crippen LogP contribution >= 0.6 is 0 Å². The molecule has 1 N–H and O–H groups in total. The summed E-state index contributed by atoms with van der Waals surface area (Å²) >= 11 is 0. The molecule has 1 aromatic carbocycles. The Labute approximate surface area is 116 Å². The van der Waals surface area contributed by atoms with Crippen molar-refractivity contribution in [1.82, 2.24) is 4.90 Å². The average molecular weight is 263 g/mol. The van der Waals surface area contributed by atoms with Gasteiger partial charge in [0.25, 0.3) is 0 Å². The first-order valence-electron chi connectivity index (χ1n) is 6.81. The number of rotatable bonds is 3. The Balaban J connectivity index is 0.000000224. The zero-order valence-electron chi connectivity index (χ0n) is 12.3. The van der Waals surface area contributed by atoms with Gasteiger partial charge in [0.05, 0.1) is 12.1 Å². The number of hydrogen-bond acceptors (Lipinski definition) is 3. The van der Waals surface area contributed by atoms with E-state index in [1.807, 2.05) is 46.0 Å². The Hall–Kier alpha value is -1.19. The molecule has 2 atom stereocenters. The summed E-state index contributed by atoms with van der Waals surface area (Å²) in [5.74, 6) is 0. The minimum absolute atomic E-state index is 0.0972. The van der Waals surface area contributed by atoms with Crippen molar-refractivity contribution < 1.29 is 9.90 Å². The smallest absolute Gasteiger partial charge is 0.125 e. The van der Waals surface area contributed by atoms with Gasteiger partial charge in [0.15, 0.2) is 0 Å². The first-order chi connectivity index (χ1) is 8.91. The molecule has 3 nitrogen and oxygen atoms in total. The summed E-state index contributed by atoms with van der Waals surface area (Å²) in [4.78, 5) is 12.2. The molecule has 106 valence electrons. The first-order valence-corrected chi connectivity index (χ1v) is 6.81. The second kappa shape index (κ2) is 6.83. The molecule has 2 rings (SSSR count). The van der Waals surface area contributed by atoms with Crippen molar-refractivity contribution >= 4 is 6.29 Å². The van der Waals surface area contributed by atoms with E-state index in [0.29, 0.717) is 0 Å². The predicted octanol–water partition coefficient (Wildman–Crippen LogP) is 2.66. The highest BCUT2D eigenvalue weighted by atomic mass is 16.3. The van der Waals surface area contributed by atoms with Crippen molar-refractivity contribution in [1.29, 1.82) is 0 Å². The zero-order chi connectivity index (χ0) is 14.5. The van der Waals surface area contributed by atoms with Crippen molar-refractivity contribution in [3.63, 3.8) is 0 Å². The van der Waals surface area contributed by atoms with Crippen molar-refractivity contribution in [3.05, 3.63) is 35.9 Å². The lowest BCUT2D eigenvalue weighted by atomic mass is 9.93. The van der Waals surface area contributed by atoms with E-state index in [2.05, 4.69) is 17.0 Å². The third-order valence-electron chi connectivity index (χ3n) is 3.69. The molecule has 1 fully saturated rings. The number of aliphatic hydroxyl groups excluding tert-OH is 1. The van der Waals surface area contributed by atoms with E-state index in [-0.39, 0.29) is 17.6 Å². The molecular formula is C16H25NO2. The molecule has 1 aromatic rings. The second-order valence-corrected chi connectivity index (χ2v) is 5.82. The average Bonchev–Trinajstić information content (AvgIpc) is 2.40. The summed E-state index contributed by atoms with van der Waals surface area (Å²) in [7, 11) is 2.03. The predicted molar refractivity (Wildman–Crippen MR) is 78.0 cm³/mol. The largest absolute Gasteiger partial charge is 0.390 e. The molecule has 0 aromatic heterocycles. The highest BCUT2D eigenvalue weighted by Gasteiger charge is 2.35. The van der Waals surface area contributed by atoms with Crippen LogP contribution in [0.4, 0.5) is 0 Å². The topological polar surface area (TPSA) is 40.5 Å². The number of carbonyl (C=O) groups is 1. The molecule has 19 heavy (non-hydrogen) atoms. The van der Waals surface area contributed by atoms with Crippen molar-refractivity contribution in [2.45, 2.75) is 39.3 Å². The zero-order valence-corrected chi connectivity index (χ0v) is 12.3. The number of likely N-dealkylation sites (N-methyl/N-ethyl adjacent to an activating group) is 1.